The van der Waals surface area contributed by atoms with Gasteiger partial charge in [0.1, 0.15) is 10.7 Å². The first-order chi connectivity index (χ1) is 11.1. The number of amides is 1. The van der Waals surface area contributed by atoms with Gasteiger partial charge in [-0.25, -0.2) is 4.98 Å². The van der Waals surface area contributed by atoms with Gasteiger partial charge in [0, 0.05) is 30.1 Å². The lowest BCUT2D eigenvalue weighted by Gasteiger charge is -2.32. The maximum atomic E-state index is 12.6. The summed E-state index contributed by atoms with van der Waals surface area (Å²) < 4.78 is 0. The summed E-state index contributed by atoms with van der Waals surface area (Å²) in [6.07, 6.45) is 2.12. The fraction of sp³-hybridized carbons (Fsp3) is 0.375. The van der Waals surface area contributed by atoms with E-state index in [1.54, 1.807) is 12.1 Å². The number of nitrogens with one attached hydrogen (secondary N) is 1. The van der Waals surface area contributed by atoms with Crippen LogP contribution in [0.2, 0.25) is 10.0 Å². The Morgan fingerprint density at radius 1 is 1.39 bits per heavy atom. The van der Waals surface area contributed by atoms with Gasteiger partial charge in [0.15, 0.2) is 0 Å². The molecular formula is C16H17Cl2N3OS. The number of rotatable bonds is 3. The van der Waals surface area contributed by atoms with Gasteiger partial charge in [0.05, 0.1) is 10.0 Å². The van der Waals surface area contributed by atoms with Crippen LogP contribution in [0.4, 0.5) is 0 Å². The van der Waals surface area contributed by atoms with E-state index in [1.165, 1.54) is 11.3 Å². The molecule has 0 aliphatic carbocycles. The third-order valence-corrected chi connectivity index (χ3v) is 5.64. The third-order valence-electron chi connectivity index (χ3n) is 4.01. The van der Waals surface area contributed by atoms with Crippen molar-refractivity contribution in [1.29, 1.82) is 0 Å². The highest BCUT2D eigenvalue weighted by Crippen LogP contribution is 2.30. The standard InChI is InChI=1S/C16H17Cl2N3OS/c1-19-11-3-2-6-21(8-11)16(22)14-9-23-15(20-14)10-4-5-12(17)13(18)7-10/h4-5,7,9,11,19H,2-3,6,8H2,1H3. The van der Waals surface area contributed by atoms with Crippen LogP contribution in [0.1, 0.15) is 23.3 Å². The van der Waals surface area contributed by atoms with Gasteiger partial charge in [-0.3, -0.25) is 4.79 Å². The fourth-order valence-corrected chi connectivity index (χ4v) is 3.78. The van der Waals surface area contributed by atoms with Crippen LogP contribution < -0.4 is 5.32 Å². The van der Waals surface area contributed by atoms with Gasteiger partial charge in [-0.1, -0.05) is 29.3 Å². The first kappa shape index (κ1) is 16.7. The summed E-state index contributed by atoms with van der Waals surface area (Å²) in [7, 11) is 1.93. The number of carbonyl (C=O) groups is 1. The number of carbonyl (C=O) groups excluding carboxylic acids is 1. The second-order valence-corrected chi connectivity index (χ2v) is 7.22. The highest BCUT2D eigenvalue weighted by molar-refractivity contribution is 7.13. The van der Waals surface area contributed by atoms with Crippen molar-refractivity contribution in [2.24, 2.45) is 0 Å². The predicted octanol–water partition coefficient (Wildman–Crippen LogP) is 3.94. The first-order valence-electron chi connectivity index (χ1n) is 7.46. The largest absolute Gasteiger partial charge is 0.336 e. The average molecular weight is 370 g/mol. The fourth-order valence-electron chi connectivity index (χ4n) is 2.69. The molecule has 0 radical (unpaired) electrons. The summed E-state index contributed by atoms with van der Waals surface area (Å²) in [5.41, 5.74) is 1.36. The monoisotopic (exact) mass is 369 g/mol. The second kappa shape index (κ2) is 7.18. The smallest absolute Gasteiger partial charge is 0.273 e. The first-order valence-corrected chi connectivity index (χ1v) is 9.09. The van der Waals surface area contributed by atoms with Crippen LogP contribution in [0.25, 0.3) is 10.6 Å². The molecule has 0 spiro atoms. The molecule has 1 aromatic carbocycles. The number of likely N-dealkylation sites (tertiary alicyclic amines) is 1. The van der Waals surface area contributed by atoms with Crippen molar-refractivity contribution in [3.05, 3.63) is 39.3 Å². The number of likely N-dealkylation sites (N-methyl/N-ethyl adjacent to an activating group) is 1. The Morgan fingerprint density at radius 2 is 2.22 bits per heavy atom. The Hall–Kier alpha value is -1.14. The molecule has 1 aromatic heterocycles. The molecule has 1 amide bonds. The second-order valence-electron chi connectivity index (χ2n) is 5.55. The van der Waals surface area contributed by atoms with E-state index >= 15 is 0 Å². The zero-order chi connectivity index (χ0) is 16.4. The minimum Gasteiger partial charge on any atom is -0.336 e. The molecular weight excluding hydrogens is 353 g/mol. The molecule has 0 bridgehead atoms. The van der Waals surface area contributed by atoms with Gasteiger partial charge in [0.2, 0.25) is 0 Å². The van der Waals surface area contributed by atoms with E-state index in [-0.39, 0.29) is 5.91 Å². The Bertz CT molecular complexity index is 719. The molecule has 2 aromatic rings. The number of piperidine rings is 1. The van der Waals surface area contributed by atoms with Crippen LogP contribution in [0.15, 0.2) is 23.6 Å². The lowest BCUT2D eigenvalue weighted by molar-refractivity contribution is 0.0693. The topological polar surface area (TPSA) is 45.2 Å². The molecule has 1 unspecified atom stereocenters. The van der Waals surface area contributed by atoms with E-state index in [0.717, 1.165) is 36.5 Å². The minimum atomic E-state index is -0.00693. The maximum absolute atomic E-state index is 12.6. The molecule has 2 heterocycles. The van der Waals surface area contributed by atoms with Crippen molar-refractivity contribution in [3.63, 3.8) is 0 Å². The number of halogens is 2. The molecule has 1 atom stereocenters. The number of hydrogen-bond acceptors (Lipinski definition) is 4. The Balaban J connectivity index is 1.78. The summed E-state index contributed by atoms with van der Waals surface area (Å²) in [5.74, 6) is -0.00693. The van der Waals surface area contributed by atoms with Crippen molar-refractivity contribution in [3.8, 4) is 10.6 Å². The van der Waals surface area contributed by atoms with Crippen LogP contribution in [-0.4, -0.2) is 42.0 Å². The highest BCUT2D eigenvalue weighted by Gasteiger charge is 2.25. The third kappa shape index (κ3) is 3.69. The van der Waals surface area contributed by atoms with Crippen LogP contribution in [-0.2, 0) is 0 Å². The van der Waals surface area contributed by atoms with Crippen molar-refractivity contribution in [1.82, 2.24) is 15.2 Å². The summed E-state index contributed by atoms with van der Waals surface area (Å²) in [5, 5.41) is 6.82. The van der Waals surface area contributed by atoms with Gasteiger partial charge in [-0.05, 0) is 32.0 Å². The number of benzene rings is 1. The molecule has 3 rings (SSSR count). The van der Waals surface area contributed by atoms with Crippen LogP contribution in [0.5, 0.6) is 0 Å². The predicted molar refractivity (Wildman–Crippen MR) is 95.6 cm³/mol. The molecule has 1 saturated heterocycles. The molecule has 122 valence electrons. The van der Waals surface area contributed by atoms with E-state index in [0.29, 0.717) is 21.8 Å². The Kier molecular flexibility index (Phi) is 5.21. The van der Waals surface area contributed by atoms with Crippen LogP contribution >= 0.6 is 34.5 Å². The molecule has 1 fully saturated rings. The normalized spacial score (nSPS) is 18.2. The van der Waals surface area contributed by atoms with E-state index in [9.17, 15) is 4.79 Å². The number of thiazole rings is 1. The van der Waals surface area contributed by atoms with Crippen LogP contribution in [0.3, 0.4) is 0 Å². The average Bonchev–Trinajstić information content (AvgIpc) is 3.06. The van der Waals surface area contributed by atoms with Gasteiger partial charge < -0.3 is 10.2 Å². The van der Waals surface area contributed by atoms with Crippen LogP contribution in [0, 0.1) is 0 Å². The van der Waals surface area contributed by atoms with Gasteiger partial charge in [0.25, 0.3) is 5.91 Å². The van der Waals surface area contributed by atoms with Gasteiger partial charge >= 0.3 is 0 Å². The zero-order valence-electron chi connectivity index (χ0n) is 12.7. The van der Waals surface area contributed by atoms with E-state index in [4.69, 9.17) is 23.2 Å². The Labute approximate surface area is 149 Å². The number of hydrogen-bond donors (Lipinski definition) is 1. The quantitative estimate of drug-likeness (QED) is 0.890. The summed E-state index contributed by atoms with van der Waals surface area (Å²) >= 11 is 13.4. The molecule has 0 saturated carbocycles. The summed E-state index contributed by atoms with van der Waals surface area (Å²) in [6, 6.07) is 5.74. The maximum Gasteiger partial charge on any atom is 0.273 e. The summed E-state index contributed by atoms with van der Waals surface area (Å²) in [4.78, 5) is 19.0. The van der Waals surface area contributed by atoms with Crippen molar-refractivity contribution in [2.45, 2.75) is 18.9 Å². The molecule has 7 heteroatoms. The molecule has 1 aliphatic heterocycles. The van der Waals surface area contributed by atoms with Crippen molar-refractivity contribution in [2.75, 3.05) is 20.1 Å². The SMILES string of the molecule is CNC1CCCN(C(=O)c2csc(-c3ccc(Cl)c(Cl)c3)n2)C1. The van der Waals surface area contributed by atoms with Gasteiger partial charge in [-0.15, -0.1) is 11.3 Å². The zero-order valence-corrected chi connectivity index (χ0v) is 15.0. The molecule has 1 aliphatic rings. The lowest BCUT2D eigenvalue weighted by Crippen LogP contribution is -2.47. The van der Waals surface area contributed by atoms with Gasteiger partial charge in [-0.2, -0.15) is 0 Å². The summed E-state index contributed by atoms with van der Waals surface area (Å²) in [6.45, 7) is 1.52. The van der Waals surface area contributed by atoms with E-state index in [2.05, 4.69) is 10.3 Å². The van der Waals surface area contributed by atoms with Crippen molar-refractivity contribution >= 4 is 40.4 Å². The highest BCUT2D eigenvalue weighted by atomic mass is 35.5. The molecule has 1 N–H and O–H groups in total. The lowest BCUT2D eigenvalue weighted by atomic mass is 10.1. The Morgan fingerprint density at radius 3 is 2.96 bits per heavy atom. The number of nitrogens with zero attached hydrogens (tertiary/aromatic N) is 2. The minimum absolute atomic E-state index is 0.00693. The van der Waals surface area contributed by atoms with E-state index < -0.39 is 0 Å². The molecule has 23 heavy (non-hydrogen) atoms. The number of aromatic nitrogens is 1. The molecule has 4 nitrogen and oxygen atoms in total. The van der Waals surface area contributed by atoms with E-state index in [1.807, 2.05) is 23.4 Å². The van der Waals surface area contributed by atoms with Crippen molar-refractivity contribution < 1.29 is 4.79 Å².